The molecule has 1 aromatic carbocycles. The Hall–Kier alpha value is -1.26. The Morgan fingerprint density at radius 1 is 1.33 bits per heavy atom. The number of benzene rings is 1. The van der Waals surface area contributed by atoms with Crippen molar-refractivity contribution < 1.29 is 9.90 Å². The van der Waals surface area contributed by atoms with Crippen LogP contribution >= 0.6 is 11.6 Å². The molecule has 0 heterocycles. The maximum absolute atomic E-state index is 11.1. The van der Waals surface area contributed by atoms with Gasteiger partial charge in [-0.25, -0.2) is 4.79 Å². The van der Waals surface area contributed by atoms with Crippen LogP contribution in [0.5, 0.6) is 0 Å². The third kappa shape index (κ3) is 4.18. The molecule has 82 valence electrons. The number of amides is 2. The van der Waals surface area contributed by atoms with E-state index in [1.165, 1.54) is 0 Å². The minimum Gasteiger partial charge on any atom is -0.395 e. The van der Waals surface area contributed by atoms with Crippen molar-refractivity contribution in [3.8, 4) is 0 Å². The van der Waals surface area contributed by atoms with E-state index in [0.717, 1.165) is 5.56 Å². The van der Waals surface area contributed by atoms with Crippen LogP contribution in [0.3, 0.4) is 0 Å². The van der Waals surface area contributed by atoms with Crippen molar-refractivity contribution in [3.63, 3.8) is 0 Å². The summed E-state index contributed by atoms with van der Waals surface area (Å²) in [6.45, 7) is 0.546. The summed E-state index contributed by atoms with van der Waals surface area (Å²) in [5.74, 6) is 0. The number of hydrogen-bond donors (Lipinski definition) is 3. The monoisotopic (exact) mass is 228 g/mol. The van der Waals surface area contributed by atoms with E-state index in [0.29, 0.717) is 11.6 Å². The first-order chi connectivity index (χ1) is 7.24. The number of nitrogens with one attached hydrogen (secondary N) is 2. The zero-order valence-electron chi connectivity index (χ0n) is 8.16. The average Bonchev–Trinajstić information content (AvgIpc) is 2.25. The van der Waals surface area contributed by atoms with Gasteiger partial charge in [-0.05, 0) is 11.6 Å². The predicted octanol–water partition coefficient (Wildman–Crippen LogP) is 1.13. The average molecular weight is 229 g/mol. The Bertz CT molecular complexity index is 331. The highest BCUT2D eigenvalue weighted by atomic mass is 35.5. The van der Waals surface area contributed by atoms with Crippen LogP contribution in [0.25, 0.3) is 0 Å². The lowest BCUT2D eigenvalue weighted by Gasteiger charge is -2.07. The van der Waals surface area contributed by atoms with E-state index in [4.69, 9.17) is 16.7 Å². The van der Waals surface area contributed by atoms with E-state index in [-0.39, 0.29) is 19.2 Å². The van der Waals surface area contributed by atoms with Crippen molar-refractivity contribution in [2.75, 3.05) is 13.2 Å². The lowest BCUT2D eigenvalue weighted by molar-refractivity contribution is 0.234. The minimum atomic E-state index is -0.316. The quantitative estimate of drug-likeness (QED) is 0.724. The third-order valence-electron chi connectivity index (χ3n) is 1.79. The van der Waals surface area contributed by atoms with E-state index in [9.17, 15) is 4.79 Å². The number of rotatable bonds is 4. The second-order valence-electron chi connectivity index (χ2n) is 2.92. The fourth-order valence-electron chi connectivity index (χ4n) is 1.05. The second kappa shape index (κ2) is 6.27. The van der Waals surface area contributed by atoms with Crippen LogP contribution in [0.15, 0.2) is 24.3 Å². The van der Waals surface area contributed by atoms with Crippen LogP contribution < -0.4 is 10.6 Å². The molecule has 0 aliphatic carbocycles. The molecule has 15 heavy (non-hydrogen) atoms. The molecule has 0 saturated heterocycles. The lowest BCUT2D eigenvalue weighted by Crippen LogP contribution is -2.36. The Labute approximate surface area is 93.2 Å². The van der Waals surface area contributed by atoms with Gasteiger partial charge in [-0.3, -0.25) is 0 Å². The molecule has 1 aromatic rings. The molecule has 4 nitrogen and oxygen atoms in total. The van der Waals surface area contributed by atoms with Crippen LogP contribution in [0, 0.1) is 0 Å². The van der Waals surface area contributed by atoms with Crippen LogP contribution in [0.2, 0.25) is 5.02 Å². The number of halogens is 1. The minimum absolute atomic E-state index is 0.0699. The molecule has 0 aliphatic rings. The lowest BCUT2D eigenvalue weighted by atomic mass is 10.2. The van der Waals surface area contributed by atoms with E-state index in [1.54, 1.807) is 6.07 Å². The van der Waals surface area contributed by atoms with Gasteiger partial charge in [-0.2, -0.15) is 0 Å². The fourth-order valence-corrected chi connectivity index (χ4v) is 1.25. The van der Waals surface area contributed by atoms with Crippen LogP contribution in [-0.2, 0) is 6.54 Å². The molecule has 0 atom stereocenters. The molecule has 2 amide bonds. The van der Waals surface area contributed by atoms with Gasteiger partial charge in [0.15, 0.2) is 0 Å². The summed E-state index contributed by atoms with van der Waals surface area (Å²) in [4.78, 5) is 11.1. The summed E-state index contributed by atoms with van der Waals surface area (Å²) < 4.78 is 0. The summed E-state index contributed by atoms with van der Waals surface area (Å²) in [5, 5.41) is 14.2. The van der Waals surface area contributed by atoms with Gasteiger partial charge in [0.1, 0.15) is 0 Å². The summed E-state index contributed by atoms with van der Waals surface area (Å²) in [6.07, 6.45) is 0. The number of aliphatic hydroxyl groups excluding tert-OH is 1. The van der Waals surface area contributed by atoms with Crippen molar-refractivity contribution in [3.05, 3.63) is 34.9 Å². The molecular formula is C10H13ClN2O2. The van der Waals surface area contributed by atoms with Crippen molar-refractivity contribution >= 4 is 17.6 Å². The molecule has 0 fully saturated rings. The molecule has 5 heteroatoms. The standard InChI is InChI=1S/C10H13ClN2O2/c11-9-4-2-1-3-8(9)7-13-10(15)12-5-6-14/h1-4,14H,5-7H2,(H2,12,13,15). The predicted molar refractivity (Wildman–Crippen MR) is 58.8 cm³/mol. The molecule has 0 aromatic heterocycles. The highest BCUT2D eigenvalue weighted by Gasteiger charge is 2.01. The maximum Gasteiger partial charge on any atom is 0.315 e. The summed E-state index contributed by atoms with van der Waals surface area (Å²) >= 11 is 5.90. The van der Waals surface area contributed by atoms with Crippen molar-refractivity contribution in [2.45, 2.75) is 6.54 Å². The molecular weight excluding hydrogens is 216 g/mol. The summed E-state index contributed by atoms with van der Waals surface area (Å²) in [6, 6.07) is 6.98. The number of urea groups is 1. The number of hydrogen-bond acceptors (Lipinski definition) is 2. The zero-order chi connectivity index (χ0) is 11.1. The highest BCUT2D eigenvalue weighted by molar-refractivity contribution is 6.31. The molecule has 0 radical (unpaired) electrons. The van der Waals surface area contributed by atoms with E-state index >= 15 is 0 Å². The molecule has 0 unspecified atom stereocenters. The van der Waals surface area contributed by atoms with Gasteiger partial charge in [0.25, 0.3) is 0 Å². The molecule has 3 N–H and O–H groups in total. The van der Waals surface area contributed by atoms with Crippen molar-refractivity contribution in [1.82, 2.24) is 10.6 Å². The first kappa shape index (κ1) is 11.8. The van der Waals surface area contributed by atoms with Crippen LogP contribution in [0.4, 0.5) is 4.79 Å². The maximum atomic E-state index is 11.1. The topological polar surface area (TPSA) is 61.4 Å². The molecule has 0 spiro atoms. The third-order valence-corrected chi connectivity index (χ3v) is 2.16. The molecule has 0 bridgehead atoms. The normalized spacial score (nSPS) is 9.73. The SMILES string of the molecule is O=C(NCCO)NCc1ccccc1Cl. The van der Waals surface area contributed by atoms with Gasteiger partial charge in [0, 0.05) is 18.1 Å². The number of aliphatic hydroxyl groups is 1. The van der Waals surface area contributed by atoms with Gasteiger partial charge >= 0.3 is 6.03 Å². The smallest absolute Gasteiger partial charge is 0.315 e. The fraction of sp³-hybridized carbons (Fsp3) is 0.300. The Balaban J connectivity index is 2.37. The van der Waals surface area contributed by atoms with Gasteiger partial charge < -0.3 is 15.7 Å². The molecule has 0 saturated carbocycles. The van der Waals surface area contributed by atoms with E-state index < -0.39 is 0 Å². The number of carbonyl (C=O) groups is 1. The first-order valence-electron chi connectivity index (χ1n) is 4.60. The largest absolute Gasteiger partial charge is 0.395 e. The van der Waals surface area contributed by atoms with Gasteiger partial charge in [0.2, 0.25) is 0 Å². The summed E-state index contributed by atoms with van der Waals surface area (Å²) in [5.41, 5.74) is 0.860. The second-order valence-corrected chi connectivity index (χ2v) is 3.33. The van der Waals surface area contributed by atoms with Gasteiger partial charge in [-0.1, -0.05) is 29.8 Å². The number of carbonyl (C=O) groups excluding carboxylic acids is 1. The van der Waals surface area contributed by atoms with Crippen LogP contribution in [0.1, 0.15) is 5.56 Å². The summed E-state index contributed by atoms with van der Waals surface area (Å²) in [7, 11) is 0. The molecule has 0 aliphatic heterocycles. The highest BCUT2D eigenvalue weighted by Crippen LogP contribution is 2.13. The van der Waals surface area contributed by atoms with Gasteiger partial charge in [0.05, 0.1) is 6.61 Å². The zero-order valence-corrected chi connectivity index (χ0v) is 8.92. The van der Waals surface area contributed by atoms with E-state index in [2.05, 4.69) is 10.6 Å². The van der Waals surface area contributed by atoms with E-state index in [1.807, 2.05) is 18.2 Å². The first-order valence-corrected chi connectivity index (χ1v) is 4.98. The van der Waals surface area contributed by atoms with Crippen molar-refractivity contribution in [1.29, 1.82) is 0 Å². The Morgan fingerprint density at radius 3 is 2.73 bits per heavy atom. The molecule has 1 rings (SSSR count). The Morgan fingerprint density at radius 2 is 2.07 bits per heavy atom. The Kier molecular flexibility index (Phi) is 4.93. The van der Waals surface area contributed by atoms with Crippen LogP contribution in [-0.4, -0.2) is 24.3 Å². The van der Waals surface area contributed by atoms with Crippen molar-refractivity contribution in [2.24, 2.45) is 0 Å². The van der Waals surface area contributed by atoms with Gasteiger partial charge in [-0.15, -0.1) is 0 Å².